The first-order valence-electron chi connectivity index (χ1n) is 16.9. The number of piperazine rings is 1. The molecule has 0 bridgehead atoms. The Balaban J connectivity index is 1.28. The Bertz CT molecular complexity index is 2060. The summed E-state index contributed by atoms with van der Waals surface area (Å²) in [6.07, 6.45) is 7.71. The largest absolute Gasteiger partial charge is 0.504 e. The molecule has 2 amide bonds. The number of pyridine rings is 2. The number of carbonyl (C=O) groups excluding carboxylic acids is 2. The van der Waals surface area contributed by atoms with Crippen molar-refractivity contribution < 1.29 is 23.8 Å². The van der Waals surface area contributed by atoms with E-state index in [4.69, 9.17) is 9.84 Å². The summed E-state index contributed by atoms with van der Waals surface area (Å²) in [5.74, 6) is -0.605. The number of nitrogens with zero attached hydrogens (tertiary/aromatic N) is 9. The van der Waals surface area contributed by atoms with Crippen LogP contribution in [-0.4, -0.2) is 94.8 Å². The van der Waals surface area contributed by atoms with Crippen LogP contribution in [0.2, 0.25) is 0 Å². The van der Waals surface area contributed by atoms with Crippen molar-refractivity contribution in [3.63, 3.8) is 0 Å². The van der Waals surface area contributed by atoms with Gasteiger partial charge in [0.05, 0.1) is 24.5 Å². The van der Waals surface area contributed by atoms with Crippen LogP contribution in [-0.2, 0) is 17.8 Å². The third-order valence-electron chi connectivity index (χ3n) is 9.82. The van der Waals surface area contributed by atoms with E-state index in [1.165, 1.54) is 18.2 Å². The van der Waals surface area contributed by atoms with Crippen LogP contribution in [0.25, 0.3) is 16.9 Å². The van der Waals surface area contributed by atoms with E-state index in [2.05, 4.69) is 25.4 Å². The molecule has 2 N–H and O–H groups in total. The molecule has 7 rings (SSSR count). The molecule has 1 saturated heterocycles. The van der Waals surface area contributed by atoms with Gasteiger partial charge in [0.1, 0.15) is 24.7 Å². The zero-order valence-corrected chi connectivity index (χ0v) is 28.2. The van der Waals surface area contributed by atoms with Gasteiger partial charge in [-0.25, -0.2) is 19.3 Å². The third-order valence-corrected chi connectivity index (χ3v) is 9.82. The number of amides is 2. The molecule has 15 nitrogen and oxygen atoms in total. The fraction of sp³-hybridized carbons (Fsp3) is 0.471. The van der Waals surface area contributed by atoms with Crippen molar-refractivity contribution in [1.29, 1.82) is 0 Å². The molecule has 5 heterocycles. The number of halogens is 1. The fourth-order valence-electron chi connectivity index (χ4n) is 7.14. The number of carbonyl (C=O) groups is 2. The molecule has 262 valence electrons. The topological polar surface area (TPSA) is 173 Å². The summed E-state index contributed by atoms with van der Waals surface area (Å²) < 4.78 is 21.1. The van der Waals surface area contributed by atoms with E-state index in [0.29, 0.717) is 73.6 Å². The van der Waals surface area contributed by atoms with Crippen molar-refractivity contribution in [3.05, 3.63) is 63.7 Å². The fourth-order valence-corrected chi connectivity index (χ4v) is 7.14. The highest BCUT2D eigenvalue weighted by molar-refractivity contribution is 5.96. The highest BCUT2D eigenvalue weighted by Gasteiger charge is 2.42. The van der Waals surface area contributed by atoms with Gasteiger partial charge in [0.15, 0.2) is 22.6 Å². The SMILES string of the molecule is CCc1c(N2CCN(C(=O)c3ncnc(C)c3O)[C@H]3CC=C32)c(=O)c2nn(-c3ccnc(OC)c3)nc2n1CC(=O)NC1CCCC(F)CC1. The number of rotatable bonds is 8. The van der Waals surface area contributed by atoms with Gasteiger partial charge >= 0.3 is 0 Å². The Kier molecular flexibility index (Phi) is 8.92. The quantitative estimate of drug-likeness (QED) is 0.261. The van der Waals surface area contributed by atoms with Gasteiger partial charge < -0.3 is 29.5 Å². The maximum absolute atomic E-state index is 14.5. The monoisotopic (exact) mass is 686 g/mol. The number of aromatic hydroxyl groups is 1. The van der Waals surface area contributed by atoms with Crippen LogP contribution >= 0.6 is 0 Å². The van der Waals surface area contributed by atoms with Gasteiger partial charge in [0.2, 0.25) is 17.2 Å². The van der Waals surface area contributed by atoms with Crippen LogP contribution in [0.3, 0.4) is 0 Å². The second kappa shape index (κ2) is 13.5. The molecular formula is C34H39FN10O5. The molecule has 4 aromatic rings. The van der Waals surface area contributed by atoms with Crippen molar-refractivity contribution in [2.24, 2.45) is 0 Å². The molecule has 1 saturated carbocycles. The van der Waals surface area contributed by atoms with E-state index in [9.17, 15) is 23.9 Å². The first-order chi connectivity index (χ1) is 24.2. The highest BCUT2D eigenvalue weighted by Crippen LogP contribution is 2.38. The van der Waals surface area contributed by atoms with Crippen molar-refractivity contribution in [1.82, 2.24) is 44.7 Å². The van der Waals surface area contributed by atoms with Gasteiger partial charge in [-0.1, -0.05) is 13.0 Å². The van der Waals surface area contributed by atoms with E-state index in [0.717, 1.165) is 5.70 Å². The summed E-state index contributed by atoms with van der Waals surface area (Å²) in [7, 11) is 1.50. The van der Waals surface area contributed by atoms with E-state index in [-0.39, 0.29) is 65.7 Å². The number of nitrogens with one attached hydrogen (secondary N) is 1. The summed E-state index contributed by atoms with van der Waals surface area (Å²) in [4.78, 5) is 58.8. The first-order valence-corrected chi connectivity index (χ1v) is 16.9. The van der Waals surface area contributed by atoms with Crippen molar-refractivity contribution in [2.45, 2.75) is 83.6 Å². The molecule has 3 atom stereocenters. The lowest BCUT2D eigenvalue weighted by Gasteiger charge is -2.48. The molecule has 0 aromatic carbocycles. The molecule has 50 heavy (non-hydrogen) atoms. The van der Waals surface area contributed by atoms with Gasteiger partial charge in [-0.3, -0.25) is 14.4 Å². The van der Waals surface area contributed by atoms with E-state index in [1.807, 2.05) is 17.9 Å². The molecule has 3 aliphatic rings. The summed E-state index contributed by atoms with van der Waals surface area (Å²) in [5, 5.41) is 23.0. The zero-order chi connectivity index (χ0) is 35.1. The molecule has 4 aromatic heterocycles. The third kappa shape index (κ3) is 5.92. The Hall–Kier alpha value is -5.41. The van der Waals surface area contributed by atoms with Gasteiger partial charge in [0, 0.05) is 42.8 Å². The predicted octanol–water partition coefficient (Wildman–Crippen LogP) is 2.76. The maximum Gasteiger partial charge on any atom is 0.277 e. The number of aryl methyl sites for hydroxylation is 1. The second-order valence-electron chi connectivity index (χ2n) is 12.8. The number of anilines is 1. The number of hydrogen-bond donors (Lipinski definition) is 2. The van der Waals surface area contributed by atoms with Gasteiger partial charge in [0.25, 0.3) is 5.91 Å². The Morgan fingerprint density at radius 3 is 2.72 bits per heavy atom. The van der Waals surface area contributed by atoms with Crippen molar-refractivity contribution in [2.75, 3.05) is 25.1 Å². The average Bonchev–Trinajstić information content (AvgIpc) is 3.45. The minimum absolute atomic E-state index is 0.0682. The Morgan fingerprint density at radius 2 is 1.96 bits per heavy atom. The second-order valence-corrected chi connectivity index (χ2v) is 12.8. The van der Waals surface area contributed by atoms with Crippen molar-refractivity contribution in [3.8, 4) is 17.3 Å². The van der Waals surface area contributed by atoms with Crippen LogP contribution in [0.15, 0.2) is 41.2 Å². The number of ether oxygens (including phenoxy) is 1. The number of hydrogen-bond acceptors (Lipinski definition) is 11. The summed E-state index contributed by atoms with van der Waals surface area (Å²) >= 11 is 0. The Labute approximate surface area is 286 Å². The van der Waals surface area contributed by atoms with Gasteiger partial charge in [-0.05, 0) is 57.9 Å². The minimum atomic E-state index is -0.859. The predicted molar refractivity (Wildman–Crippen MR) is 180 cm³/mol. The van der Waals surface area contributed by atoms with Crippen molar-refractivity contribution >= 4 is 28.7 Å². The normalized spacial score (nSPS) is 20.5. The number of fused-ring (bicyclic) bond motifs is 2. The number of alkyl halides is 1. The smallest absolute Gasteiger partial charge is 0.277 e. The molecule has 2 fully saturated rings. The summed E-state index contributed by atoms with van der Waals surface area (Å²) in [6.45, 7) is 3.92. The summed E-state index contributed by atoms with van der Waals surface area (Å²) in [6, 6.07) is 2.83. The van der Waals surface area contributed by atoms with E-state index < -0.39 is 12.1 Å². The summed E-state index contributed by atoms with van der Waals surface area (Å²) in [5.41, 5.74) is 2.45. The van der Waals surface area contributed by atoms with E-state index >= 15 is 0 Å². The average molecular weight is 687 g/mol. The molecule has 2 unspecified atom stereocenters. The lowest BCUT2D eigenvalue weighted by Crippen LogP contribution is -2.57. The minimum Gasteiger partial charge on any atom is -0.504 e. The highest BCUT2D eigenvalue weighted by atomic mass is 19.1. The van der Waals surface area contributed by atoms with Crippen LogP contribution in [0.4, 0.5) is 10.1 Å². The van der Waals surface area contributed by atoms with Crippen LogP contribution in [0.5, 0.6) is 11.6 Å². The van der Waals surface area contributed by atoms with Crippen LogP contribution < -0.4 is 20.4 Å². The van der Waals surface area contributed by atoms with Gasteiger partial charge in [-0.2, -0.15) is 0 Å². The maximum atomic E-state index is 14.5. The molecule has 16 heteroatoms. The van der Waals surface area contributed by atoms with Crippen LogP contribution in [0, 0.1) is 6.92 Å². The molecule has 2 aliphatic carbocycles. The number of methoxy groups -OCH3 is 1. The molecular weight excluding hydrogens is 647 g/mol. The molecule has 1 aliphatic heterocycles. The standard InChI is InChI=1S/C34H39FN10O5/c1-4-23-30(42-14-15-43(25-11-10-24(25)42)34(49)29-31(47)19(2)37-18-38-29)32(48)28-33(41-45(40-28)22-12-13-36-27(16-22)50-3)44(23)17-26(46)39-21-7-5-6-20(35)8-9-21/h10,12-13,16,18,20-21,25,47H,4-9,11,14-15,17H2,1-3H3,(H,39,46)/t20?,21?,25-/m0/s1. The Morgan fingerprint density at radius 1 is 1.12 bits per heavy atom. The number of aromatic nitrogens is 7. The lowest BCUT2D eigenvalue weighted by molar-refractivity contribution is -0.122. The van der Waals surface area contributed by atoms with E-state index in [1.54, 1.807) is 34.7 Å². The van der Waals surface area contributed by atoms with Gasteiger partial charge in [-0.15, -0.1) is 15.0 Å². The molecule has 0 radical (unpaired) electrons. The first kappa shape index (κ1) is 33.1. The van der Waals surface area contributed by atoms with Crippen LogP contribution in [0.1, 0.15) is 67.3 Å². The zero-order valence-electron chi connectivity index (χ0n) is 28.2. The lowest BCUT2D eigenvalue weighted by atomic mass is 9.91. The molecule has 0 spiro atoms.